The van der Waals surface area contributed by atoms with Gasteiger partial charge in [0.25, 0.3) is 0 Å². The molecular weight excluding hydrogens is 264 g/mol. The number of nitrogens with zero attached hydrogens (tertiary/aromatic N) is 2. The highest BCUT2D eigenvalue weighted by Crippen LogP contribution is 2.26. The van der Waals surface area contributed by atoms with Gasteiger partial charge in [0.15, 0.2) is 0 Å². The minimum atomic E-state index is -0.392. The average Bonchev–Trinajstić information content (AvgIpc) is 2.71. The Bertz CT molecular complexity index is 628. The molecule has 4 nitrogen and oxygen atoms in total. The van der Waals surface area contributed by atoms with Crippen molar-refractivity contribution in [2.24, 2.45) is 0 Å². The largest absolute Gasteiger partial charge is 0.465 e. The summed E-state index contributed by atoms with van der Waals surface area (Å²) in [4.78, 5) is 16.0. The molecule has 0 fully saturated rings. The van der Waals surface area contributed by atoms with Gasteiger partial charge in [0.1, 0.15) is 5.82 Å². The van der Waals surface area contributed by atoms with Gasteiger partial charge >= 0.3 is 5.97 Å². The average molecular weight is 279 g/mol. The van der Waals surface area contributed by atoms with E-state index in [-0.39, 0.29) is 0 Å². The van der Waals surface area contributed by atoms with Gasteiger partial charge in [0.2, 0.25) is 0 Å². The maximum Gasteiger partial charge on any atom is 0.338 e. The normalized spacial score (nSPS) is 10.6. The summed E-state index contributed by atoms with van der Waals surface area (Å²) in [5.41, 5.74) is 3.12. The smallest absolute Gasteiger partial charge is 0.338 e. The van der Waals surface area contributed by atoms with Crippen molar-refractivity contribution in [3.8, 4) is 5.69 Å². The zero-order chi connectivity index (χ0) is 14.2. The van der Waals surface area contributed by atoms with Crippen LogP contribution in [0.15, 0.2) is 18.3 Å². The lowest BCUT2D eigenvalue weighted by Crippen LogP contribution is -2.09. The van der Waals surface area contributed by atoms with Crippen LogP contribution in [0.4, 0.5) is 0 Å². The number of ether oxygens (including phenoxy) is 1. The lowest BCUT2D eigenvalue weighted by atomic mass is 10.1. The number of imidazole rings is 1. The van der Waals surface area contributed by atoms with Crippen LogP contribution in [0.2, 0.25) is 5.02 Å². The van der Waals surface area contributed by atoms with Gasteiger partial charge in [-0.15, -0.1) is 0 Å². The van der Waals surface area contributed by atoms with Crippen LogP contribution in [0.1, 0.15) is 27.4 Å². The number of esters is 1. The molecule has 19 heavy (non-hydrogen) atoms. The van der Waals surface area contributed by atoms with Crippen molar-refractivity contribution in [1.29, 1.82) is 0 Å². The molecule has 0 spiro atoms. The van der Waals surface area contributed by atoms with Gasteiger partial charge < -0.3 is 9.30 Å². The van der Waals surface area contributed by atoms with Gasteiger partial charge in [-0.05, 0) is 38.5 Å². The molecular formula is C14H15ClN2O2. The lowest BCUT2D eigenvalue weighted by molar-refractivity contribution is 0.0600. The van der Waals surface area contributed by atoms with Crippen LogP contribution in [-0.4, -0.2) is 22.6 Å². The minimum absolute atomic E-state index is 0.392. The van der Waals surface area contributed by atoms with E-state index in [1.807, 2.05) is 31.4 Å². The first-order chi connectivity index (χ1) is 8.95. The Labute approximate surface area is 117 Å². The Morgan fingerprint density at radius 3 is 2.53 bits per heavy atom. The molecule has 0 aliphatic rings. The number of carbonyl (C=O) groups excluding carboxylic acids is 1. The molecule has 0 amide bonds. The molecule has 0 radical (unpaired) electrons. The van der Waals surface area contributed by atoms with Crippen molar-refractivity contribution in [1.82, 2.24) is 9.55 Å². The second kappa shape index (κ2) is 5.05. The number of methoxy groups -OCH3 is 1. The standard InChI is InChI=1S/C14H15ClN2O2/c1-8-7-16-10(3)17(8)13-6-11(15)5-12(9(13)2)14(18)19-4/h5-7H,1-4H3. The van der Waals surface area contributed by atoms with Gasteiger partial charge in [0.05, 0.1) is 18.4 Å². The van der Waals surface area contributed by atoms with E-state index >= 15 is 0 Å². The first-order valence-corrected chi connectivity index (χ1v) is 6.23. The molecule has 2 aromatic rings. The second-order valence-electron chi connectivity index (χ2n) is 4.37. The van der Waals surface area contributed by atoms with Crippen LogP contribution >= 0.6 is 11.6 Å². The molecule has 0 aliphatic carbocycles. The summed E-state index contributed by atoms with van der Waals surface area (Å²) in [6.45, 7) is 5.74. The summed E-state index contributed by atoms with van der Waals surface area (Å²) >= 11 is 6.10. The second-order valence-corrected chi connectivity index (χ2v) is 4.81. The van der Waals surface area contributed by atoms with E-state index in [9.17, 15) is 4.79 Å². The number of carbonyl (C=O) groups is 1. The molecule has 1 heterocycles. The summed E-state index contributed by atoms with van der Waals surface area (Å²) in [6.07, 6.45) is 1.79. The first-order valence-electron chi connectivity index (χ1n) is 5.85. The van der Waals surface area contributed by atoms with Crippen molar-refractivity contribution >= 4 is 17.6 Å². The monoisotopic (exact) mass is 278 g/mol. The van der Waals surface area contributed by atoms with E-state index in [1.54, 1.807) is 12.3 Å². The summed E-state index contributed by atoms with van der Waals surface area (Å²) in [7, 11) is 1.36. The molecule has 1 aromatic carbocycles. The van der Waals surface area contributed by atoms with Crippen molar-refractivity contribution in [3.05, 3.63) is 46.0 Å². The van der Waals surface area contributed by atoms with Crippen molar-refractivity contribution < 1.29 is 9.53 Å². The fourth-order valence-electron chi connectivity index (χ4n) is 2.14. The van der Waals surface area contributed by atoms with E-state index in [0.29, 0.717) is 10.6 Å². The highest BCUT2D eigenvalue weighted by Gasteiger charge is 2.16. The Morgan fingerprint density at radius 1 is 1.32 bits per heavy atom. The molecule has 0 bridgehead atoms. The number of rotatable bonds is 2. The SMILES string of the molecule is COC(=O)c1cc(Cl)cc(-n2c(C)cnc2C)c1C. The number of halogens is 1. The van der Waals surface area contributed by atoms with Crippen molar-refractivity contribution in [3.63, 3.8) is 0 Å². The predicted octanol–water partition coefficient (Wildman–Crippen LogP) is 3.24. The molecule has 0 aliphatic heterocycles. The minimum Gasteiger partial charge on any atom is -0.465 e. The van der Waals surface area contributed by atoms with Gasteiger partial charge in [-0.1, -0.05) is 11.6 Å². The quantitative estimate of drug-likeness (QED) is 0.792. The van der Waals surface area contributed by atoms with Crippen molar-refractivity contribution in [2.75, 3.05) is 7.11 Å². The lowest BCUT2D eigenvalue weighted by Gasteiger charge is -2.14. The third-order valence-corrected chi connectivity index (χ3v) is 3.32. The Morgan fingerprint density at radius 2 is 2.00 bits per heavy atom. The molecule has 2 rings (SSSR count). The molecule has 0 unspecified atom stereocenters. The number of hydrogen-bond donors (Lipinski definition) is 0. The molecule has 0 saturated carbocycles. The number of aryl methyl sites for hydroxylation is 2. The zero-order valence-electron chi connectivity index (χ0n) is 11.3. The number of benzene rings is 1. The number of aromatic nitrogens is 2. The molecule has 0 saturated heterocycles. The van der Waals surface area contributed by atoms with Crippen LogP contribution < -0.4 is 0 Å². The summed E-state index contributed by atoms with van der Waals surface area (Å²) < 4.78 is 6.75. The van der Waals surface area contributed by atoms with Crippen LogP contribution in [-0.2, 0) is 4.74 Å². The van der Waals surface area contributed by atoms with E-state index in [1.165, 1.54) is 7.11 Å². The fraction of sp³-hybridized carbons (Fsp3) is 0.286. The molecule has 5 heteroatoms. The van der Waals surface area contributed by atoms with E-state index in [0.717, 1.165) is 22.8 Å². The van der Waals surface area contributed by atoms with Crippen LogP contribution in [0.3, 0.4) is 0 Å². The maximum atomic E-state index is 11.8. The van der Waals surface area contributed by atoms with Crippen LogP contribution in [0.5, 0.6) is 0 Å². The van der Waals surface area contributed by atoms with Gasteiger partial charge in [-0.2, -0.15) is 0 Å². The van der Waals surface area contributed by atoms with E-state index in [2.05, 4.69) is 4.98 Å². The fourth-order valence-corrected chi connectivity index (χ4v) is 2.35. The summed E-state index contributed by atoms with van der Waals surface area (Å²) in [5, 5.41) is 0.494. The van der Waals surface area contributed by atoms with Crippen LogP contribution in [0.25, 0.3) is 5.69 Å². The molecule has 0 N–H and O–H groups in total. The molecule has 1 aromatic heterocycles. The molecule has 100 valence electrons. The highest BCUT2D eigenvalue weighted by atomic mass is 35.5. The zero-order valence-corrected chi connectivity index (χ0v) is 12.1. The summed E-state index contributed by atoms with van der Waals surface area (Å²) in [5.74, 6) is 0.454. The van der Waals surface area contributed by atoms with E-state index in [4.69, 9.17) is 16.3 Å². The van der Waals surface area contributed by atoms with E-state index < -0.39 is 5.97 Å². The van der Waals surface area contributed by atoms with Crippen LogP contribution in [0, 0.1) is 20.8 Å². The third kappa shape index (κ3) is 2.36. The van der Waals surface area contributed by atoms with Gasteiger partial charge in [-0.25, -0.2) is 9.78 Å². The maximum absolute atomic E-state index is 11.8. The molecule has 0 atom stereocenters. The Balaban J connectivity index is 2.72. The third-order valence-electron chi connectivity index (χ3n) is 3.11. The van der Waals surface area contributed by atoms with Crippen molar-refractivity contribution in [2.45, 2.75) is 20.8 Å². The summed E-state index contributed by atoms with van der Waals surface area (Å²) in [6, 6.07) is 3.44. The van der Waals surface area contributed by atoms with Gasteiger partial charge in [0, 0.05) is 16.9 Å². The van der Waals surface area contributed by atoms with Gasteiger partial charge in [-0.3, -0.25) is 0 Å². The Kier molecular flexibility index (Phi) is 3.62. The Hall–Kier alpha value is -1.81. The number of hydrogen-bond acceptors (Lipinski definition) is 3. The first kappa shape index (κ1) is 13.6. The predicted molar refractivity (Wildman–Crippen MR) is 74.1 cm³/mol. The highest BCUT2D eigenvalue weighted by molar-refractivity contribution is 6.31. The topological polar surface area (TPSA) is 44.1 Å².